The molecular formula is C15H19N3O2. The minimum Gasteiger partial charge on any atom is -0.481 e. The number of rotatable bonds is 5. The molecule has 1 aromatic carbocycles. The van der Waals surface area contributed by atoms with Gasteiger partial charge in [-0.1, -0.05) is 38.1 Å². The molecule has 1 heterocycles. The molecule has 2 rings (SSSR count). The van der Waals surface area contributed by atoms with Gasteiger partial charge in [-0.25, -0.2) is 0 Å². The SMILES string of the molecule is Cc1nnc(NC(CC(=O)O)C(C)C)c2ccccc12. The van der Waals surface area contributed by atoms with E-state index in [4.69, 9.17) is 5.11 Å². The van der Waals surface area contributed by atoms with Crippen LogP contribution in [0.2, 0.25) is 0 Å². The number of carboxylic acid groups (broad SMARTS) is 1. The van der Waals surface area contributed by atoms with Gasteiger partial charge in [-0.3, -0.25) is 4.79 Å². The first-order valence-electron chi connectivity index (χ1n) is 6.69. The maximum Gasteiger partial charge on any atom is 0.305 e. The summed E-state index contributed by atoms with van der Waals surface area (Å²) in [4.78, 5) is 10.9. The van der Waals surface area contributed by atoms with E-state index in [1.54, 1.807) is 0 Å². The maximum atomic E-state index is 10.9. The van der Waals surface area contributed by atoms with Crippen LogP contribution in [0.5, 0.6) is 0 Å². The van der Waals surface area contributed by atoms with Gasteiger partial charge >= 0.3 is 5.97 Å². The number of nitrogens with one attached hydrogen (secondary N) is 1. The molecule has 0 saturated heterocycles. The van der Waals surface area contributed by atoms with Crippen molar-refractivity contribution < 1.29 is 9.90 Å². The summed E-state index contributed by atoms with van der Waals surface area (Å²) in [5.74, 6) is 0.0136. The highest BCUT2D eigenvalue weighted by atomic mass is 16.4. The van der Waals surface area contributed by atoms with Crippen molar-refractivity contribution in [1.29, 1.82) is 0 Å². The number of carboxylic acids is 1. The molecule has 106 valence electrons. The van der Waals surface area contributed by atoms with Gasteiger partial charge in [0.15, 0.2) is 5.82 Å². The lowest BCUT2D eigenvalue weighted by Crippen LogP contribution is -2.29. The fourth-order valence-electron chi connectivity index (χ4n) is 2.16. The molecule has 1 atom stereocenters. The summed E-state index contributed by atoms with van der Waals surface area (Å²) in [6.45, 7) is 5.89. The topological polar surface area (TPSA) is 75.1 Å². The number of carbonyl (C=O) groups is 1. The zero-order valence-electron chi connectivity index (χ0n) is 11.9. The van der Waals surface area contributed by atoms with Crippen molar-refractivity contribution in [2.24, 2.45) is 5.92 Å². The van der Waals surface area contributed by atoms with Crippen LogP contribution in [0.3, 0.4) is 0 Å². The van der Waals surface area contributed by atoms with Gasteiger partial charge in [-0.05, 0) is 12.8 Å². The molecule has 5 heteroatoms. The number of hydrogen-bond donors (Lipinski definition) is 2. The first-order valence-corrected chi connectivity index (χ1v) is 6.69. The minimum atomic E-state index is -0.819. The van der Waals surface area contributed by atoms with Crippen molar-refractivity contribution in [2.75, 3.05) is 5.32 Å². The second-order valence-electron chi connectivity index (χ2n) is 5.27. The molecule has 2 N–H and O–H groups in total. The van der Waals surface area contributed by atoms with E-state index in [1.165, 1.54) is 0 Å². The first-order chi connectivity index (χ1) is 9.49. The molecule has 1 unspecified atom stereocenters. The number of anilines is 1. The Hall–Kier alpha value is -2.17. The monoisotopic (exact) mass is 273 g/mol. The molecule has 0 aliphatic heterocycles. The molecule has 1 aromatic heterocycles. The fraction of sp³-hybridized carbons (Fsp3) is 0.400. The lowest BCUT2D eigenvalue weighted by molar-refractivity contribution is -0.137. The van der Waals surface area contributed by atoms with Gasteiger partial charge in [0.1, 0.15) is 0 Å². The predicted octanol–water partition coefficient (Wildman–Crippen LogP) is 2.85. The van der Waals surface area contributed by atoms with Crippen molar-refractivity contribution in [1.82, 2.24) is 10.2 Å². The predicted molar refractivity (Wildman–Crippen MR) is 78.8 cm³/mol. The molecular weight excluding hydrogens is 254 g/mol. The smallest absolute Gasteiger partial charge is 0.305 e. The van der Waals surface area contributed by atoms with Crippen molar-refractivity contribution in [3.63, 3.8) is 0 Å². The van der Waals surface area contributed by atoms with Crippen LogP contribution >= 0.6 is 0 Å². The van der Waals surface area contributed by atoms with Crippen LogP contribution in [0.15, 0.2) is 24.3 Å². The summed E-state index contributed by atoms with van der Waals surface area (Å²) in [5.41, 5.74) is 0.866. The average Bonchev–Trinajstić information content (AvgIpc) is 2.40. The number of aliphatic carboxylic acids is 1. The minimum absolute atomic E-state index is 0.0571. The van der Waals surface area contributed by atoms with E-state index in [2.05, 4.69) is 15.5 Å². The summed E-state index contributed by atoms with van der Waals surface area (Å²) < 4.78 is 0. The van der Waals surface area contributed by atoms with Gasteiger partial charge in [0.25, 0.3) is 0 Å². The normalized spacial score (nSPS) is 12.6. The van der Waals surface area contributed by atoms with Gasteiger partial charge in [-0.15, -0.1) is 5.10 Å². The van der Waals surface area contributed by atoms with Gasteiger partial charge in [-0.2, -0.15) is 5.10 Å². The summed E-state index contributed by atoms with van der Waals surface area (Å²) in [6.07, 6.45) is 0.0571. The molecule has 5 nitrogen and oxygen atoms in total. The van der Waals surface area contributed by atoms with Gasteiger partial charge < -0.3 is 10.4 Å². The van der Waals surface area contributed by atoms with Crippen molar-refractivity contribution in [2.45, 2.75) is 33.2 Å². The highest BCUT2D eigenvalue weighted by molar-refractivity contribution is 5.93. The second-order valence-corrected chi connectivity index (χ2v) is 5.27. The molecule has 2 aromatic rings. The summed E-state index contributed by atoms with van der Waals surface area (Å²) in [5, 5.41) is 22.5. The Balaban J connectivity index is 2.37. The zero-order chi connectivity index (χ0) is 14.7. The standard InChI is InChI=1S/C15H19N3O2/c1-9(2)13(8-14(19)20)16-15-12-7-5-4-6-11(12)10(3)17-18-15/h4-7,9,13H,8H2,1-3H3,(H,16,18)(H,19,20). The molecule has 0 spiro atoms. The Morgan fingerprint density at radius 3 is 2.50 bits per heavy atom. The Morgan fingerprint density at radius 2 is 1.90 bits per heavy atom. The highest BCUT2D eigenvalue weighted by Crippen LogP contribution is 2.24. The Labute approximate surface area is 118 Å². The van der Waals surface area contributed by atoms with Crippen molar-refractivity contribution in [3.8, 4) is 0 Å². The van der Waals surface area contributed by atoms with Crippen LogP contribution in [0.1, 0.15) is 26.0 Å². The summed E-state index contributed by atoms with van der Waals surface area (Å²) in [6, 6.07) is 7.69. The molecule has 0 saturated carbocycles. The lowest BCUT2D eigenvalue weighted by Gasteiger charge is -2.21. The van der Waals surface area contributed by atoms with E-state index in [0.29, 0.717) is 5.82 Å². The molecule has 0 aliphatic carbocycles. The Morgan fingerprint density at radius 1 is 1.25 bits per heavy atom. The number of aryl methyl sites for hydroxylation is 1. The highest BCUT2D eigenvalue weighted by Gasteiger charge is 2.19. The second kappa shape index (κ2) is 5.86. The lowest BCUT2D eigenvalue weighted by atomic mass is 10.0. The number of hydrogen-bond acceptors (Lipinski definition) is 4. The molecule has 0 bridgehead atoms. The molecule has 0 fully saturated rings. The molecule has 0 amide bonds. The fourth-order valence-corrected chi connectivity index (χ4v) is 2.16. The Bertz CT molecular complexity index is 626. The Kier molecular flexibility index (Phi) is 4.17. The third-order valence-corrected chi connectivity index (χ3v) is 3.39. The third kappa shape index (κ3) is 3.04. The number of nitrogens with zero attached hydrogens (tertiary/aromatic N) is 2. The number of benzene rings is 1. The molecule has 0 aliphatic rings. The van der Waals surface area contributed by atoms with E-state index in [0.717, 1.165) is 16.5 Å². The van der Waals surface area contributed by atoms with Crippen LogP contribution in [-0.4, -0.2) is 27.3 Å². The van der Waals surface area contributed by atoms with E-state index in [-0.39, 0.29) is 18.4 Å². The quantitative estimate of drug-likeness (QED) is 0.876. The van der Waals surface area contributed by atoms with E-state index in [1.807, 2.05) is 45.0 Å². The van der Waals surface area contributed by atoms with E-state index in [9.17, 15) is 4.79 Å². The van der Waals surface area contributed by atoms with Crippen molar-refractivity contribution >= 4 is 22.6 Å². The summed E-state index contributed by atoms with van der Waals surface area (Å²) >= 11 is 0. The first kappa shape index (κ1) is 14.2. The average molecular weight is 273 g/mol. The van der Waals surface area contributed by atoms with Gasteiger partial charge in [0, 0.05) is 16.8 Å². The number of fused-ring (bicyclic) bond motifs is 1. The van der Waals surface area contributed by atoms with E-state index < -0.39 is 5.97 Å². The van der Waals surface area contributed by atoms with Crippen LogP contribution in [-0.2, 0) is 4.79 Å². The van der Waals surface area contributed by atoms with Gasteiger partial charge in [0.05, 0.1) is 12.1 Å². The van der Waals surface area contributed by atoms with Crippen LogP contribution in [0.25, 0.3) is 10.8 Å². The van der Waals surface area contributed by atoms with Gasteiger partial charge in [0.2, 0.25) is 0 Å². The largest absolute Gasteiger partial charge is 0.481 e. The molecule has 20 heavy (non-hydrogen) atoms. The van der Waals surface area contributed by atoms with Crippen molar-refractivity contribution in [3.05, 3.63) is 30.0 Å². The summed E-state index contributed by atoms with van der Waals surface area (Å²) in [7, 11) is 0. The number of aromatic nitrogens is 2. The van der Waals surface area contributed by atoms with E-state index >= 15 is 0 Å². The third-order valence-electron chi connectivity index (χ3n) is 3.39. The molecule has 0 radical (unpaired) electrons. The van der Waals surface area contributed by atoms with Crippen LogP contribution in [0, 0.1) is 12.8 Å². The zero-order valence-corrected chi connectivity index (χ0v) is 11.9. The van der Waals surface area contributed by atoms with Crippen LogP contribution < -0.4 is 5.32 Å². The maximum absolute atomic E-state index is 10.9. The van der Waals surface area contributed by atoms with Crippen LogP contribution in [0.4, 0.5) is 5.82 Å².